The Bertz CT molecular complexity index is 754. The van der Waals surface area contributed by atoms with Gasteiger partial charge in [-0.05, 0) is 24.8 Å². The fraction of sp³-hybridized carbons (Fsp3) is 0.350. The molecule has 0 fully saturated rings. The highest BCUT2D eigenvalue weighted by Crippen LogP contribution is 2.34. The van der Waals surface area contributed by atoms with Gasteiger partial charge < -0.3 is 36.6 Å². The van der Waals surface area contributed by atoms with Crippen LogP contribution >= 0.6 is 11.3 Å². The largest absolute Gasteiger partial charge is 1.00 e. The summed E-state index contributed by atoms with van der Waals surface area (Å²) in [4.78, 5) is 17.6. The lowest BCUT2D eigenvalue weighted by atomic mass is 9.92. The Morgan fingerprint density at radius 3 is 2.56 bits per heavy atom. The molecule has 2 heterocycles. The molecule has 5 nitrogen and oxygen atoms in total. The summed E-state index contributed by atoms with van der Waals surface area (Å²) in [6.07, 6.45) is 5.07. The summed E-state index contributed by atoms with van der Waals surface area (Å²) in [5.74, 6) is -0.631. The molecule has 0 saturated carbocycles. The van der Waals surface area contributed by atoms with Crippen molar-refractivity contribution in [2.75, 3.05) is 20.2 Å². The van der Waals surface area contributed by atoms with Crippen LogP contribution in [0.2, 0.25) is 0 Å². The number of thiophene rings is 1. The van der Waals surface area contributed by atoms with E-state index in [1.165, 1.54) is 11.3 Å². The van der Waals surface area contributed by atoms with E-state index in [1.54, 1.807) is 30.3 Å². The van der Waals surface area contributed by atoms with E-state index in [9.17, 15) is 9.90 Å². The van der Waals surface area contributed by atoms with E-state index >= 15 is 0 Å². The van der Waals surface area contributed by atoms with E-state index in [2.05, 4.69) is 16.7 Å². The molecule has 27 heavy (non-hydrogen) atoms. The number of aliphatic hydroxyl groups is 1. The second-order valence-corrected chi connectivity index (χ2v) is 7.32. The monoisotopic (exact) mass is 451 g/mol. The number of halogens is 1. The Balaban J connectivity index is 0.00000261. The molecule has 1 N–H and O–H groups in total. The molecule has 1 aromatic carbocycles. The Hall–Kier alpha value is -1.83. The minimum absolute atomic E-state index is 0. The fourth-order valence-electron chi connectivity index (χ4n) is 2.98. The first-order valence-electron chi connectivity index (χ1n) is 8.68. The van der Waals surface area contributed by atoms with Gasteiger partial charge >= 0.3 is 5.97 Å². The highest BCUT2D eigenvalue weighted by atomic mass is 79.9. The van der Waals surface area contributed by atoms with Gasteiger partial charge in [0, 0.05) is 31.6 Å². The van der Waals surface area contributed by atoms with Gasteiger partial charge in [-0.3, -0.25) is 0 Å². The van der Waals surface area contributed by atoms with Gasteiger partial charge in [-0.25, -0.2) is 4.79 Å². The van der Waals surface area contributed by atoms with Crippen molar-refractivity contribution >= 4 is 17.3 Å². The average molecular weight is 452 g/mol. The lowest BCUT2D eigenvalue weighted by Crippen LogP contribution is -3.00. The van der Waals surface area contributed by atoms with Gasteiger partial charge in [-0.2, -0.15) is 0 Å². The zero-order chi connectivity index (χ0) is 18.6. The third-order valence-electron chi connectivity index (χ3n) is 4.72. The van der Waals surface area contributed by atoms with E-state index in [0.29, 0.717) is 23.0 Å². The lowest BCUT2D eigenvalue weighted by molar-refractivity contribution is -0.162. The summed E-state index contributed by atoms with van der Waals surface area (Å²) in [7, 11) is 2.03. The van der Waals surface area contributed by atoms with Crippen molar-refractivity contribution < 1.29 is 31.6 Å². The molecular weight excluding hydrogens is 428 g/mol. The zero-order valence-electron chi connectivity index (χ0n) is 15.4. The molecule has 0 amide bonds. The molecule has 2 unspecified atom stereocenters. The van der Waals surface area contributed by atoms with Crippen molar-refractivity contribution in [2.45, 2.75) is 25.1 Å². The second-order valence-electron chi connectivity index (χ2n) is 6.38. The van der Waals surface area contributed by atoms with Crippen LogP contribution < -0.4 is 17.0 Å². The number of carbonyl (C=O) groups is 1. The molecule has 1 aliphatic heterocycles. The number of benzene rings is 1. The van der Waals surface area contributed by atoms with Crippen molar-refractivity contribution in [1.29, 1.82) is 0 Å². The predicted molar refractivity (Wildman–Crippen MR) is 102 cm³/mol. The van der Waals surface area contributed by atoms with Crippen molar-refractivity contribution in [3.63, 3.8) is 0 Å². The molecule has 0 spiro atoms. The summed E-state index contributed by atoms with van der Waals surface area (Å²) in [5, 5.41) is 13.0. The average Bonchev–Trinajstić information content (AvgIpc) is 3.31. The van der Waals surface area contributed by atoms with Gasteiger partial charge in [0.15, 0.2) is 0 Å². The second kappa shape index (κ2) is 9.39. The maximum absolute atomic E-state index is 12.8. The van der Waals surface area contributed by atoms with Gasteiger partial charge in [0.2, 0.25) is 5.60 Å². The van der Waals surface area contributed by atoms with Crippen molar-refractivity contribution in [3.8, 4) is 0 Å². The summed E-state index contributed by atoms with van der Waals surface area (Å²) in [6, 6.07) is 12.5. The topological polar surface area (TPSA) is 53.0 Å². The summed E-state index contributed by atoms with van der Waals surface area (Å²) in [5.41, 5.74) is -1.25. The first-order valence-corrected chi connectivity index (χ1v) is 9.56. The number of carbonyl (C=O) groups excluding carboxylic acids is 1. The number of ether oxygens (including phenoxy) is 1. The van der Waals surface area contributed by atoms with E-state index in [0.717, 1.165) is 6.54 Å². The lowest BCUT2D eigenvalue weighted by Gasteiger charge is -2.28. The third-order valence-corrected chi connectivity index (χ3v) is 5.70. The zero-order valence-corrected chi connectivity index (χ0v) is 17.8. The van der Waals surface area contributed by atoms with Crippen LogP contribution in [-0.2, 0) is 15.1 Å². The van der Waals surface area contributed by atoms with Crippen LogP contribution in [-0.4, -0.2) is 47.2 Å². The van der Waals surface area contributed by atoms with Gasteiger partial charge in [0.25, 0.3) is 0 Å². The molecule has 1 aliphatic rings. The minimum atomic E-state index is -1.77. The summed E-state index contributed by atoms with van der Waals surface area (Å²) >= 11 is 1.34. The normalized spacial score (nSPS) is 18.1. The minimum Gasteiger partial charge on any atom is -1.00 e. The number of hydrogen-bond donors (Lipinski definition) is 1. The maximum Gasteiger partial charge on any atom is 0.348 e. The number of rotatable bonds is 7. The Morgan fingerprint density at radius 2 is 1.96 bits per heavy atom. The molecule has 2 aromatic rings. The van der Waals surface area contributed by atoms with E-state index in [-0.39, 0.29) is 23.6 Å². The first kappa shape index (κ1) is 21.5. The number of esters is 1. The van der Waals surface area contributed by atoms with E-state index in [1.807, 2.05) is 37.0 Å². The Morgan fingerprint density at radius 1 is 1.22 bits per heavy atom. The molecule has 0 bridgehead atoms. The SMILES string of the molecule is CC1N(C)C=CN1CCCOC(=O)C(O)(c1ccccc1)c1cccs1.[Br-]. The molecule has 3 rings (SSSR count). The van der Waals surface area contributed by atoms with Crippen LogP contribution in [0, 0.1) is 0 Å². The standard InChI is InChI=1S/C20H24N2O3S.BrH/c1-16-21(2)12-13-22(16)11-7-14-25-19(23)20(24,18-10-6-15-26-18)17-8-4-3-5-9-17;/h3-6,8-10,12-13,15-16,24H,7,11,14H2,1-2H3;1H/p-1. The summed E-state index contributed by atoms with van der Waals surface area (Å²) < 4.78 is 5.46. The van der Waals surface area contributed by atoms with Crippen molar-refractivity contribution in [3.05, 3.63) is 70.7 Å². The first-order chi connectivity index (χ1) is 12.5. The predicted octanol–water partition coefficient (Wildman–Crippen LogP) is -0.0141. The number of nitrogens with zero attached hydrogens (tertiary/aromatic N) is 2. The van der Waals surface area contributed by atoms with Crippen LogP contribution in [0.25, 0.3) is 0 Å². The van der Waals surface area contributed by atoms with Crippen LogP contribution in [0.15, 0.2) is 60.2 Å². The van der Waals surface area contributed by atoms with Crippen molar-refractivity contribution in [1.82, 2.24) is 9.80 Å². The molecule has 0 aliphatic carbocycles. The van der Waals surface area contributed by atoms with Gasteiger partial charge in [-0.15, -0.1) is 11.3 Å². The van der Waals surface area contributed by atoms with Gasteiger partial charge in [-0.1, -0.05) is 36.4 Å². The van der Waals surface area contributed by atoms with Crippen LogP contribution in [0.1, 0.15) is 23.8 Å². The summed E-state index contributed by atoms with van der Waals surface area (Å²) in [6.45, 7) is 3.18. The molecule has 0 saturated heterocycles. The van der Waals surface area contributed by atoms with Crippen LogP contribution in [0.5, 0.6) is 0 Å². The van der Waals surface area contributed by atoms with E-state index < -0.39 is 11.6 Å². The molecule has 7 heteroatoms. The number of hydrogen-bond acceptors (Lipinski definition) is 6. The third kappa shape index (κ3) is 4.54. The van der Waals surface area contributed by atoms with E-state index in [4.69, 9.17) is 4.74 Å². The van der Waals surface area contributed by atoms with Crippen molar-refractivity contribution in [2.24, 2.45) is 0 Å². The highest BCUT2D eigenvalue weighted by molar-refractivity contribution is 7.10. The maximum atomic E-state index is 12.8. The molecule has 146 valence electrons. The molecule has 1 aromatic heterocycles. The van der Waals surface area contributed by atoms with Gasteiger partial charge in [0.05, 0.1) is 17.6 Å². The Labute approximate surface area is 174 Å². The molecule has 2 atom stereocenters. The van der Waals surface area contributed by atoms with Crippen LogP contribution in [0.4, 0.5) is 0 Å². The van der Waals surface area contributed by atoms with Crippen LogP contribution in [0.3, 0.4) is 0 Å². The van der Waals surface area contributed by atoms with Gasteiger partial charge in [0.1, 0.15) is 0 Å². The smallest absolute Gasteiger partial charge is 0.348 e. The quantitative estimate of drug-likeness (QED) is 0.473. The molecule has 0 radical (unpaired) electrons. The molecular formula is C20H24BrN2O3S-. The highest BCUT2D eigenvalue weighted by Gasteiger charge is 2.42. The fourth-order valence-corrected chi connectivity index (χ4v) is 3.81. The Kier molecular flexibility index (Phi) is 7.47.